The second kappa shape index (κ2) is 13.5. The Hall–Kier alpha value is -5.08. The molecule has 0 saturated heterocycles. The first-order valence-electron chi connectivity index (χ1n) is 16.6. The van der Waals surface area contributed by atoms with Gasteiger partial charge in [0.25, 0.3) is 0 Å². The number of rotatable bonds is 9. The Kier molecular flexibility index (Phi) is 9.08. The SMILES string of the molecule is CCc1ccccc1-c1cc(O)cc(-c2ccccc2CC)c1-c1c(-c2ccccc2CC)cc(O)cc1-c1ccccc1CC. The molecule has 2 heteroatoms. The first-order valence-corrected chi connectivity index (χ1v) is 16.6. The molecular formula is C44H42O2. The zero-order chi connectivity index (χ0) is 32.2. The summed E-state index contributed by atoms with van der Waals surface area (Å²) in [5.74, 6) is 0.464. The third kappa shape index (κ3) is 5.72. The van der Waals surface area contributed by atoms with Gasteiger partial charge in [-0.3, -0.25) is 0 Å². The van der Waals surface area contributed by atoms with Crippen molar-refractivity contribution < 1.29 is 10.2 Å². The summed E-state index contributed by atoms with van der Waals surface area (Å²) in [5.41, 5.74) is 15.3. The Morgan fingerprint density at radius 2 is 0.543 bits per heavy atom. The summed E-state index contributed by atoms with van der Waals surface area (Å²) in [6.07, 6.45) is 3.44. The highest BCUT2D eigenvalue weighted by Crippen LogP contribution is 2.52. The van der Waals surface area contributed by atoms with Crippen molar-refractivity contribution in [3.05, 3.63) is 144 Å². The van der Waals surface area contributed by atoms with Crippen LogP contribution in [0.4, 0.5) is 0 Å². The predicted molar refractivity (Wildman–Crippen MR) is 194 cm³/mol. The van der Waals surface area contributed by atoms with E-state index < -0.39 is 0 Å². The average molecular weight is 603 g/mol. The fourth-order valence-corrected chi connectivity index (χ4v) is 7.01. The summed E-state index contributed by atoms with van der Waals surface area (Å²) in [4.78, 5) is 0. The highest BCUT2D eigenvalue weighted by atomic mass is 16.3. The molecule has 2 N–H and O–H groups in total. The van der Waals surface area contributed by atoms with E-state index >= 15 is 0 Å². The van der Waals surface area contributed by atoms with Crippen LogP contribution in [-0.2, 0) is 25.7 Å². The van der Waals surface area contributed by atoms with Gasteiger partial charge in [0.15, 0.2) is 0 Å². The van der Waals surface area contributed by atoms with Crippen molar-refractivity contribution in [2.24, 2.45) is 0 Å². The second-order valence-electron chi connectivity index (χ2n) is 11.9. The van der Waals surface area contributed by atoms with Crippen molar-refractivity contribution in [3.8, 4) is 67.1 Å². The number of benzene rings is 6. The molecule has 0 atom stereocenters. The lowest BCUT2D eigenvalue weighted by atomic mass is 9.78. The summed E-state index contributed by atoms with van der Waals surface area (Å²) in [5, 5.41) is 22.9. The van der Waals surface area contributed by atoms with Gasteiger partial charge in [0, 0.05) is 0 Å². The molecular weight excluding hydrogens is 560 g/mol. The Morgan fingerprint density at radius 3 is 0.761 bits per heavy atom. The zero-order valence-electron chi connectivity index (χ0n) is 27.3. The van der Waals surface area contributed by atoms with E-state index in [0.29, 0.717) is 0 Å². The Balaban J connectivity index is 1.89. The summed E-state index contributed by atoms with van der Waals surface area (Å²) in [7, 11) is 0. The molecule has 0 radical (unpaired) electrons. The zero-order valence-corrected chi connectivity index (χ0v) is 27.3. The summed E-state index contributed by atoms with van der Waals surface area (Å²) < 4.78 is 0. The number of hydrogen-bond acceptors (Lipinski definition) is 2. The molecule has 6 aromatic carbocycles. The number of phenolic OH excluding ortho intramolecular Hbond substituents is 2. The lowest BCUT2D eigenvalue weighted by Crippen LogP contribution is -2.01. The maximum atomic E-state index is 11.5. The number of phenols is 2. The Labute approximate surface area is 273 Å². The first kappa shape index (κ1) is 30.9. The van der Waals surface area contributed by atoms with Gasteiger partial charge in [0.1, 0.15) is 11.5 Å². The van der Waals surface area contributed by atoms with Crippen LogP contribution in [0.5, 0.6) is 11.5 Å². The highest BCUT2D eigenvalue weighted by Gasteiger charge is 2.26. The fraction of sp³-hybridized carbons (Fsp3) is 0.182. The fourth-order valence-electron chi connectivity index (χ4n) is 7.01. The molecule has 6 aromatic rings. The van der Waals surface area contributed by atoms with Crippen molar-refractivity contribution in [1.82, 2.24) is 0 Å². The Bertz CT molecular complexity index is 1730. The molecule has 46 heavy (non-hydrogen) atoms. The molecule has 230 valence electrons. The smallest absolute Gasteiger partial charge is 0.116 e. The van der Waals surface area contributed by atoms with E-state index in [1.54, 1.807) is 0 Å². The van der Waals surface area contributed by atoms with Crippen LogP contribution in [0.3, 0.4) is 0 Å². The molecule has 0 aliphatic carbocycles. The van der Waals surface area contributed by atoms with Crippen LogP contribution in [0.25, 0.3) is 55.6 Å². The first-order chi connectivity index (χ1) is 22.5. The standard InChI is InChI=1S/C44H42O2/c1-5-29-17-9-13-21-35(29)39-25-33(45)26-40(36-22-14-10-18-30(36)6-2)43(39)44-41(37-23-15-11-19-31(37)7-3)27-34(46)28-42(44)38-24-16-12-20-32(38)8-4/h9-28,45-46H,5-8H2,1-4H3. The summed E-state index contributed by atoms with van der Waals surface area (Å²) >= 11 is 0. The van der Waals surface area contributed by atoms with Gasteiger partial charge in [-0.25, -0.2) is 0 Å². The Morgan fingerprint density at radius 1 is 0.326 bits per heavy atom. The molecule has 0 aliphatic rings. The van der Waals surface area contributed by atoms with E-state index in [-0.39, 0.29) is 11.5 Å². The third-order valence-corrected chi connectivity index (χ3v) is 9.25. The van der Waals surface area contributed by atoms with Crippen molar-refractivity contribution in [2.45, 2.75) is 53.4 Å². The molecule has 0 aliphatic heterocycles. The molecule has 0 fully saturated rings. The lowest BCUT2D eigenvalue weighted by Gasteiger charge is -2.26. The van der Waals surface area contributed by atoms with E-state index in [1.165, 1.54) is 22.3 Å². The maximum Gasteiger partial charge on any atom is 0.116 e. The topological polar surface area (TPSA) is 40.5 Å². The monoisotopic (exact) mass is 602 g/mol. The van der Waals surface area contributed by atoms with Crippen molar-refractivity contribution in [3.63, 3.8) is 0 Å². The van der Waals surface area contributed by atoms with Gasteiger partial charge in [-0.15, -0.1) is 0 Å². The normalized spacial score (nSPS) is 11.1. The second-order valence-corrected chi connectivity index (χ2v) is 11.9. The van der Waals surface area contributed by atoms with Crippen LogP contribution >= 0.6 is 0 Å². The molecule has 0 bridgehead atoms. The van der Waals surface area contributed by atoms with Gasteiger partial charge in [0.05, 0.1) is 0 Å². The molecule has 0 spiro atoms. The number of aryl methyl sites for hydroxylation is 4. The molecule has 6 rings (SSSR count). The average Bonchev–Trinajstić information content (AvgIpc) is 3.11. The number of hydrogen-bond donors (Lipinski definition) is 2. The van der Waals surface area contributed by atoms with Gasteiger partial charge < -0.3 is 10.2 Å². The molecule has 0 saturated carbocycles. The highest BCUT2D eigenvalue weighted by molar-refractivity contribution is 6.07. The van der Waals surface area contributed by atoms with Crippen LogP contribution < -0.4 is 0 Å². The van der Waals surface area contributed by atoms with Crippen LogP contribution in [0.1, 0.15) is 49.9 Å². The minimum Gasteiger partial charge on any atom is -0.508 e. The molecule has 0 amide bonds. The molecule has 0 aromatic heterocycles. The van der Waals surface area contributed by atoms with Crippen LogP contribution in [0.15, 0.2) is 121 Å². The van der Waals surface area contributed by atoms with Gasteiger partial charge in [-0.2, -0.15) is 0 Å². The van der Waals surface area contributed by atoms with Gasteiger partial charge in [-0.1, -0.05) is 125 Å². The van der Waals surface area contributed by atoms with Crippen molar-refractivity contribution in [2.75, 3.05) is 0 Å². The maximum absolute atomic E-state index is 11.5. The minimum atomic E-state index is 0.232. The summed E-state index contributed by atoms with van der Waals surface area (Å²) in [6, 6.07) is 41.8. The van der Waals surface area contributed by atoms with E-state index in [0.717, 1.165) is 81.3 Å². The van der Waals surface area contributed by atoms with Crippen molar-refractivity contribution in [1.29, 1.82) is 0 Å². The van der Waals surface area contributed by atoms with E-state index in [2.05, 4.69) is 125 Å². The molecule has 2 nitrogen and oxygen atoms in total. The predicted octanol–water partition coefficient (Wildman–Crippen LogP) is 11.7. The lowest BCUT2D eigenvalue weighted by molar-refractivity contribution is 0.475. The third-order valence-electron chi connectivity index (χ3n) is 9.25. The van der Waals surface area contributed by atoms with Crippen molar-refractivity contribution >= 4 is 0 Å². The van der Waals surface area contributed by atoms with Gasteiger partial charge in [0.2, 0.25) is 0 Å². The van der Waals surface area contributed by atoms with Crippen LogP contribution in [0.2, 0.25) is 0 Å². The number of aromatic hydroxyl groups is 2. The minimum absolute atomic E-state index is 0.232. The summed E-state index contributed by atoms with van der Waals surface area (Å²) in [6.45, 7) is 8.73. The largest absolute Gasteiger partial charge is 0.508 e. The van der Waals surface area contributed by atoms with Crippen LogP contribution in [0, 0.1) is 0 Å². The van der Waals surface area contributed by atoms with E-state index in [4.69, 9.17) is 0 Å². The van der Waals surface area contributed by atoms with Crippen LogP contribution in [-0.4, -0.2) is 10.2 Å². The van der Waals surface area contributed by atoms with Gasteiger partial charge >= 0.3 is 0 Å². The molecule has 0 unspecified atom stereocenters. The quantitative estimate of drug-likeness (QED) is 0.173. The molecule has 0 heterocycles. The van der Waals surface area contributed by atoms with E-state index in [9.17, 15) is 10.2 Å². The van der Waals surface area contributed by atoms with Gasteiger partial charge in [-0.05, 0) is 128 Å². The van der Waals surface area contributed by atoms with E-state index in [1.807, 2.05) is 24.3 Å².